The van der Waals surface area contributed by atoms with Crippen molar-refractivity contribution >= 4 is 17.4 Å². The summed E-state index contributed by atoms with van der Waals surface area (Å²) in [6, 6.07) is 1.77. The Morgan fingerprint density at radius 3 is 3.00 bits per heavy atom. The van der Waals surface area contributed by atoms with E-state index in [9.17, 15) is 0 Å². The Balaban J connectivity index is 1.91. The summed E-state index contributed by atoms with van der Waals surface area (Å²) < 4.78 is 5.03. The lowest BCUT2D eigenvalue weighted by Gasteiger charge is -2.26. The van der Waals surface area contributed by atoms with E-state index in [1.165, 1.54) is 25.7 Å². The molecule has 0 radical (unpaired) electrons. The number of rotatable bonds is 5. The van der Waals surface area contributed by atoms with Gasteiger partial charge in [0.15, 0.2) is 5.82 Å². The highest BCUT2D eigenvalue weighted by Gasteiger charge is 2.18. The largest absolute Gasteiger partial charge is 0.377 e. The van der Waals surface area contributed by atoms with Gasteiger partial charge in [-0.25, -0.2) is 9.97 Å². The van der Waals surface area contributed by atoms with Gasteiger partial charge < -0.3 is 10.1 Å². The number of anilines is 1. The Labute approximate surface area is 119 Å². The second-order valence-electron chi connectivity index (χ2n) is 5.44. The molecule has 0 spiro atoms. The smallest absolute Gasteiger partial charge is 0.158 e. The van der Waals surface area contributed by atoms with Crippen LogP contribution < -0.4 is 5.32 Å². The van der Waals surface area contributed by atoms with E-state index in [0.29, 0.717) is 17.6 Å². The molecule has 1 saturated carbocycles. The minimum atomic E-state index is 0.385. The summed E-state index contributed by atoms with van der Waals surface area (Å²) in [5.74, 6) is 3.00. The molecule has 2 unspecified atom stereocenters. The quantitative estimate of drug-likeness (QED) is 0.840. The fourth-order valence-corrected chi connectivity index (χ4v) is 2.94. The van der Waals surface area contributed by atoms with Gasteiger partial charge in [-0.2, -0.15) is 0 Å². The van der Waals surface area contributed by atoms with Crippen molar-refractivity contribution in [2.45, 2.75) is 39.2 Å². The van der Waals surface area contributed by atoms with Crippen LogP contribution in [0, 0.1) is 11.8 Å². The van der Waals surface area contributed by atoms with Crippen LogP contribution in [0.3, 0.4) is 0 Å². The summed E-state index contributed by atoms with van der Waals surface area (Å²) >= 11 is 5.98. The zero-order valence-electron chi connectivity index (χ0n) is 11.7. The van der Waals surface area contributed by atoms with Crippen molar-refractivity contribution in [3.63, 3.8) is 0 Å². The average Bonchev–Trinajstić information content (AvgIpc) is 2.36. The molecule has 1 N–H and O–H groups in total. The Bertz CT molecular complexity index is 414. The third-order valence-corrected chi connectivity index (χ3v) is 3.83. The third-order valence-electron chi connectivity index (χ3n) is 3.63. The van der Waals surface area contributed by atoms with E-state index >= 15 is 0 Å². The Morgan fingerprint density at radius 2 is 2.26 bits per heavy atom. The summed E-state index contributed by atoms with van der Waals surface area (Å²) in [6.45, 7) is 3.68. The first-order valence-electron chi connectivity index (χ1n) is 6.93. The van der Waals surface area contributed by atoms with Crippen LogP contribution in [0.2, 0.25) is 5.15 Å². The summed E-state index contributed by atoms with van der Waals surface area (Å²) in [5.41, 5.74) is 0. The molecule has 0 bridgehead atoms. The molecule has 1 aliphatic carbocycles. The summed E-state index contributed by atoms with van der Waals surface area (Å²) in [4.78, 5) is 8.51. The molecule has 106 valence electrons. The molecule has 0 saturated heterocycles. The van der Waals surface area contributed by atoms with Gasteiger partial charge in [0, 0.05) is 19.7 Å². The van der Waals surface area contributed by atoms with Gasteiger partial charge in [-0.05, 0) is 24.7 Å². The fraction of sp³-hybridized carbons (Fsp3) is 0.714. The molecule has 1 aromatic heterocycles. The number of hydrogen-bond donors (Lipinski definition) is 1. The molecule has 1 heterocycles. The van der Waals surface area contributed by atoms with Crippen molar-refractivity contribution in [3.8, 4) is 0 Å². The van der Waals surface area contributed by atoms with Gasteiger partial charge in [-0.15, -0.1) is 0 Å². The van der Waals surface area contributed by atoms with Gasteiger partial charge in [0.25, 0.3) is 0 Å². The average molecular weight is 284 g/mol. The molecule has 1 aliphatic rings. The maximum Gasteiger partial charge on any atom is 0.158 e. The van der Waals surface area contributed by atoms with Gasteiger partial charge in [-0.3, -0.25) is 0 Å². The Hall–Kier alpha value is -0.870. The maximum absolute atomic E-state index is 5.98. The van der Waals surface area contributed by atoms with E-state index < -0.39 is 0 Å². The van der Waals surface area contributed by atoms with Crippen molar-refractivity contribution in [1.29, 1.82) is 0 Å². The van der Waals surface area contributed by atoms with Crippen LogP contribution in [0.15, 0.2) is 6.07 Å². The number of hydrogen-bond acceptors (Lipinski definition) is 4. The molecule has 4 nitrogen and oxygen atoms in total. The maximum atomic E-state index is 5.98. The van der Waals surface area contributed by atoms with Gasteiger partial charge >= 0.3 is 0 Å². The van der Waals surface area contributed by atoms with Crippen LogP contribution in [0.4, 0.5) is 5.82 Å². The Kier molecular flexibility index (Phi) is 5.40. The van der Waals surface area contributed by atoms with Crippen molar-refractivity contribution in [2.75, 3.05) is 19.0 Å². The summed E-state index contributed by atoms with van der Waals surface area (Å²) in [5, 5.41) is 3.84. The predicted octanol–water partition coefficient (Wildman–Crippen LogP) is 3.51. The summed E-state index contributed by atoms with van der Waals surface area (Å²) in [6.07, 6.45) is 5.32. The van der Waals surface area contributed by atoms with Gasteiger partial charge in [-0.1, -0.05) is 31.4 Å². The molecule has 2 atom stereocenters. The van der Waals surface area contributed by atoms with Crippen LogP contribution in [-0.2, 0) is 11.3 Å². The molecule has 0 amide bonds. The van der Waals surface area contributed by atoms with Crippen molar-refractivity contribution in [1.82, 2.24) is 9.97 Å². The highest BCUT2D eigenvalue weighted by atomic mass is 35.5. The van der Waals surface area contributed by atoms with E-state index in [1.54, 1.807) is 13.2 Å². The zero-order chi connectivity index (χ0) is 13.7. The van der Waals surface area contributed by atoms with Crippen LogP contribution in [-0.4, -0.2) is 23.6 Å². The minimum Gasteiger partial charge on any atom is -0.377 e. The fourth-order valence-electron chi connectivity index (χ4n) is 2.74. The number of nitrogens with one attached hydrogen (secondary N) is 1. The standard InChI is InChI=1S/C14H22ClN3O/c1-10-4-3-5-11(6-10)8-16-13-7-12(15)17-14(18-13)9-19-2/h7,10-11H,3-6,8-9H2,1-2H3,(H,16,17,18). The van der Waals surface area contributed by atoms with Crippen LogP contribution in [0.1, 0.15) is 38.4 Å². The van der Waals surface area contributed by atoms with E-state index in [4.69, 9.17) is 16.3 Å². The van der Waals surface area contributed by atoms with E-state index in [0.717, 1.165) is 24.2 Å². The lowest BCUT2D eigenvalue weighted by molar-refractivity contribution is 0.178. The number of halogens is 1. The van der Waals surface area contributed by atoms with Crippen molar-refractivity contribution in [2.24, 2.45) is 11.8 Å². The van der Waals surface area contributed by atoms with Crippen molar-refractivity contribution < 1.29 is 4.74 Å². The number of aromatic nitrogens is 2. The highest BCUT2D eigenvalue weighted by molar-refractivity contribution is 6.29. The molecule has 2 rings (SSSR count). The summed E-state index contributed by atoms with van der Waals surface area (Å²) in [7, 11) is 1.63. The van der Waals surface area contributed by atoms with Crippen molar-refractivity contribution in [3.05, 3.63) is 17.0 Å². The molecule has 19 heavy (non-hydrogen) atoms. The lowest BCUT2D eigenvalue weighted by atomic mass is 9.82. The van der Waals surface area contributed by atoms with E-state index in [-0.39, 0.29) is 0 Å². The molecular weight excluding hydrogens is 262 g/mol. The monoisotopic (exact) mass is 283 g/mol. The number of nitrogens with zero attached hydrogens (tertiary/aromatic N) is 2. The minimum absolute atomic E-state index is 0.385. The lowest BCUT2D eigenvalue weighted by Crippen LogP contribution is -2.21. The molecular formula is C14H22ClN3O. The second kappa shape index (κ2) is 7.06. The molecule has 5 heteroatoms. The number of ether oxygens (including phenoxy) is 1. The predicted molar refractivity (Wildman–Crippen MR) is 77.4 cm³/mol. The SMILES string of the molecule is COCc1nc(Cl)cc(NCC2CCCC(C)C2)n1. The second-order valence-corrected chi connectivity index (χ2v) is 5.83. The first-order valence-corrected chi connectivity index (χ1v) is 7.31. The highest BCUT2D eigenvalue weighted by Crippen LogP contribution is 2.28. The molecule has 0 aliphatic heterocycles. The molecule has 0 aromatic carbocycles. The zero-order valence-corrected chi connectivity index (χ0v) is 12.4. The third kappa shape index (κ3) is 4.62. The van der Waals surface area contributed by atoms with E-state index in [2.05, 4.69) is 22.2 Å². The molecule has 1 aromatic rings. The molecule has 1 fully saturated rings. The number of methoxy groups -OCH3 is 1. The van der Waals surface area contributed by atoms with Crippen LogP contribution >= 0.6 is 11.6 Å². The first-order chi connectivity index (χ1) is 9.17. The van der Waals surface area contributed by atoms with Gasteiger partial charge in [0.05, 0.1) is 0 Å². The van der Waals surface area contributed by atoms with Gasteiger partial charge in [0.2, 0.25) is 0 Å². The Morgan fingerprint density at radius 1 is 1.42 bits per heavy atom. The van der Waals surface area contributed by atoms with E-state index in [1.807, 2.05) is 0 Å². The van der Waals surface area contributed by atoms with Crippen LogP contribution in [0.5, 0.6) is 0 Å². The normalized spacial score (nSPS) is 23.3. The van der Waals surface area contributed by atoms with Gasteiger partial charge in [0.1, 0.15) is 17.6 Å². The topological polar surface area (TPSA) is 47.0 Å². The van der Waals surface area contributed by atoms with Crippen LogP contribution in [0.25, 0.3) is 0 Å². The first kappa shape index (κ1) is 14.5.